The first-order valence-electron chi connectivity index (χ1n) is 14.9. The number of rotatable bonds is 9. The smallest absolute Gasteiger partial charge is 0.323 e. The molecule has 0 radical (unpaired) electrons. The van der Waals surface area contributed by atoms with Gasteiger partial charge in [0.1, 0.15) is 29.3 Å². The van der Waals surface area contributed by atoms with E-state index in [1.807, 2.05) is 36.4 Å². The van der Waals surface area contributed by atoms with Gasteiger partial charge < -0.3 is 20.0 Å². The molecule has 0 aliphatic carbocycles. The highest BCUT2D eigenvalue weighted by Gasteiger charge is 2.58. The molecule has 6 rings (SSSR count). The largest absolute Gasteiger partial charge is 0.384 e. The maximum absolute atomic E-state index is 16.1. The monoisotopic (exact) mass is 648 g/mol. The highest BCUT2D eigenvalue weighted by molar-refractivity contribution is 5.66. The van der Waals surface area contributed by atoms with E-state index in [1.165, 1.54) is 12.3 Å². The number of hydrogen-bond donors (Lipinski definition) is 2. The summed E-state index contributed by atoms with van der Waals surface area (Å²) < 4.78 is 61.4. The van der Waals surface area contributed by atoms with Crippen LogP contribution in [0.25, 0.3) is 11.1 Å². The molecular formula is C33H32F4N8O2. The molecule has 10 nitrogen and oxygen atoms in total. The van der Waals surface area contributed by atoms with Gasteiger partial charge in [-0.15, -0.1) is 5.10 Å². The zero-order chi connectivity index (χ0) is 33.4. The van der Waals surface area contributed by atoms with E-state index in [9.17, 15) is 19.0 Å². The number of tetrazole rings is 1. The van der Waals surface area contributed by atoms with Crippen LogP contribution in [0.2, 0.25) is 0 Å². The van der Waals surface area contributed by atoms with Crippen LogP contribution in [0.1, 0.15) is 30.8 Å². The first kappa shape index (κ1) is 32.0. The van der Waals surface area contributed by atoms with Crippen molar-refractivity contribution in [1.29, 1.82) is 0 Å². The number of benzene rings is 2. The molecule has 244 valence electrons. The summed E-state index contributed by atoms with van der Waals surface area (Å²) in [6.45, 7) is 5.59. The Kier molecular flexibility index (Phi) is 8.40. The number of pyridine rings is 2. The molecule has 47 heavy (non-hydrogen) atoms. The topological polar surface area (TPSA) is 116 Å². The van der Waals surface area contributed by atoms with Gasteiger partial charge in [0.15, 0.2) is 5.60 Å². The number of hydrogen-bond acceptors (Lipinski definition) is 9. The van der Waals surface area contributed by atoms with Crippen molar-refractivity contribution in [3.8, 4) is 11.1 Å². The number of anilines is 2. The van der Waals surface area contributed by atoms with Crippen LogP contribution < -0.4 is 9.80 Å². The summed E-state index contributed by atoms with van der Waals surface area (Å²) in [5.41, 5.74) is -1.96. The zero-order valence-corrected chi connectivity index (χ0v) is 25.6. The molecule has 0 saturated carbocycles. The third-order valence-corrected chi connectivity index (χ3v) is 8.35. The first-order valence-corrected chi connectivity index (χ1v) is 14.9. The standard InChI is InChI=1S/C33H32F4N8O2/c1-31(2,46)29-12-9-26(19-39-29)44-15-13-43(14-16-44)25-7-3-22(4-8-25)23-5-11-30(38-18-23)33(36,37)32(47,20-45-21-40-41-42-45)27-10-6-24(34)17-28(27)35/h3-12,17-19,21,46-47H,13-16,20H2,1-2H3. The van der Waals surface area contributed by atoms with Gasteiger partial charge in [0.25, 0.3) is 0 Å². The number of nitrogens with zero attached hydrogens (tertiary/aromatic N) is 8. The Morgan fingerprint density at radius 2 is 1.36 bits per heavy atom. The lowest BCUT2D eigenvalue weighted by atomic mass is 9.84. The van der Waals surface area contributed by atoms with Crippen LogP contribution in [0.3, 0.4) is 0 Å². The average molecular weight is 649 g/mol. The summed E-state index contributed by atoms with van der Waals surface area (Å²) in [5.74, 6) is -6.48. The Labute approximate surface area is 267 Å². The van der Waals surface area contributed by atoms with Gasteiger partial charge in [0.2, 0.25) is 0 Å². The molecule has 14 heteroatoms. The second-order valence-corrected chi connectivity index (χ2v) is 12.0. The molecule has 1 unspecified atom stereocenters. The number of halogens is 4. The molecule has 1 saturated heterocycles. The van der Waals surface area contributed by atoms with E-state index in [0.717, 1.165) is 72.3 Å². The lowest BCUT2D eigenvalue weighted by Gasteiger charge is -2.37. The highest BCUT2D eigenvalue weighted by Crippen LogP contribution is 2.47. The van der Waals surface area contributed by atoms with Gasteiger partial charge in [0.05, 0.1) is 24.1 Å². The van der Waals surface area contributed by atoms with Crippen molar-refractivity contribution in [2.45, 2.75) is 37.5 Å². The summed E-state index contributed by atoms with van der Waals surface area (Å²) >= 11 is 0. The van der Waals surface area contributed by atoms with Crippen LogP contribution in [-0.4, -0.2) is 66.6 Å². The predicted octanol–water partition coefficient (Wildman–Crippen LogP) is 4.64. The van der Waals surface area contributed by atoms with Crippen molar-refractivity contribution in [1.82, 2.24) is 30.2 Å². The van der Waals surface area contributed by atoms with Crippen LogP contribution in [0, 0.1) is 11.6 Å². The van der Waals surface area contributed by atoms with Crippen molar-refractivity contribution in [2.24, 2.45) is 0 Å². The van der Waals surface area contributed by atoms with Gasteiger partial charge in [-0.25, -0.2) is 13.5 Å². The van der Waals surface area contributed by atoms with E-state index >= 15 is 8.78 Å². The third-order valence-electron chi connectivity index (χ3n) is 8.35. The Morgan fingerprint density at radius 1 is 0.745 bits per heavy atom. The SMILES string of the molecule is CC(C)(O)c1ccc(N2CCN(c3ccc(-c4ccc(C(F)(F)C(O)(Cn5cnnn5)c5ccc(F)cc5F)nc4)cc3)CC2)cn1. The molecule has 1 atom stereocenters. The molecule has 0 bridgehead atoms. The predicted molar refractivity (Wildman–Crippen MR) is 166 cm³/mol. The molecule has 1 fully saturated rings. The molecule has 0 spiro atoms. The van der Waals surface area contributed by atoms with Gasteiger partial charge >= 0.3 is 5.92 Å². The Morgan fingerprint density at radius 3 is 1.91 bits per heavy atom. The van der Waals surface area contributed by atoms with E-state index < -0.39 is 46.6 Å². The van der Waals surface area contributed by atoms with Crippen LogP contribution >= 0.6 is 0 Å². The van der Waals surface area contributed by atoms with Gasteiger partial charge in [-0.1, -0.05) is 18.2 Å². The minimum Gasteiger partial charge on any atom is -0.384 e. The minimum absolute atomic E-state index is 0.422. The fourth-order valence-corrected chi connectivity index (χ4v) is 5.65. The molecule has 1 aliphatic rings. The Hall–Kier alpha value is -4.95. The van der Waals surface area contributed by atoms with Crippen molar-refractivity contribution in [3.05, 3.63) is 114 Å². The molecule has 0 amide bonds. The fraction of sp³-hybridized carbons (Fsp3) is 0.303. The quantitative estimate of drug-likeness (QED) is 0.221. The van der Waals surface area contributed by atoms with Crippen molar-refractivity contribution in [3.63, 3.8) is 0 Å². The van der Waals surface area contributed by atoms with E-state index in [0.29, 0.717) is 17.3 Å². The molecule has 3 aromatic heterocycles. The summed E-state index contributed by atoms with van der Waals surface area (Å²) in [6.07, 6.45) is 4.04. The molecule has 2 aromatic carbocycles. The molecule has 4 heterocycles. The molecular weight excluding hydrogens is 616 g/mol. The van der Waals surface area contributed by atoms with E-state index in [2.05, 4.69) is 35.3 Å². The second kappa shape index (κ2) is 12.3. The Balaban J connectivity index is 1.16. The maximum atomic E-state index is 16.1. The van der Waals surface area contributed by atoms with Gasteiger partial charge in [0, 0.05) is 55.3 Å². The van der Waals surface area contributed by atoms with E-state index in [4.69, 9.17) is 0 Å². The van der Waals surface area contributed by atoms with Crippen molar-refractivity contribution in [2.75, 3.05) is 36.0 Å². The normalized spacial score (nSPS) is 15.5. The number of aromatic nitrogens is 6. The van der Waals surface area contributed by atoms with Crippen LogP contribution in [0.5, 0.6) is 0 Å². The summed E-state index contributed by atoms with van der Waals surface area (Å²) in [6, 6.07) is 15.9. The molecule has 1 aliphatic heterocycles. The zero-order valence-electron chi connectivity index (χ0n) is 25.6. The van der Waals surface area contributed by atoms with Crippen LogP contribution in [0.4, 0.5) is 28.9 Å². The van der Waals surface area contributed by atoms with Gasteiger partial charge in [-0.3, -0.25) is 9.97 Å². The lowest BCUT2D eigenvalue weighted by molar-refractivity contribution is -0.207. The fourth-order valence-electron chi connectivity index (χ4n) is 5.65. The minimum atomic E-state index is -4.14. The van der Waals surface area contributed by atoms with Crippen LogP contribution in [0.15, 0.2) is 85.5 Å². The third kappa shape index (κ3) is 6.38. The average Bonchev–Trinajstić information content (AvgIpc) is 3.57. The second-order valence-electron chi connectivity index (χ2n) is 12.0. The van der Waals surface area contributed by atoms with E-state index in [-0.39, 0.29) is 0 Å². The van der Waals surface area contributed by atoms with Crippen molar-refractivity contribution >= 4 is 11.4 Å². The first-order chi connectivity index (χ1) is 22.3. The Bertz CT molecular complexity index is 1810. The molecule has 2 N–H and O–H groups in total. The maximum Gasteiger partial charge on any atom is 0.323 e. The number of piperazine rings is 1. The lowest BCUT2D eigenvalue weighted by Crippen LogP contribution is -2.48. The van der Waals surface area contributed by atoms with Gasteiger partial charge in [-0.2, -0.15) is 8.78 Å². The number of alkyl halides is 2. The van der Waals surface area contributed by atoms with Crippen LogP contribution in [-0.2, 0) is 23.7 Å². The van der Waals surface area contributed by atoms with E-state index in [1.54, 1.807) is 20.0 Å². The summed E-state index contributed by atoms with van der Waals surface area (Å²) in [4.78, 5) is 12.9. The summed E-state index contributed by atoms with van der Waals surface area (Å²) in [7, 11) is 0. The highest BCUT2D eigenvalue weighted by atomic mass is 19.3. The number of aliphatic hydroxyl groups is 2. The van der Waals surface area contributed by atoms with Crippen molar-refractivity contribution < 1.29 is 27.8 Å². The molecule has 5 aromatic rings. The van der Waals surface area contributed by atoms with Gasteiger partial charge in [-0.05, 0) is 72.3 Å². The summed E-state index contributed by atoms with van der Waals surface area (Å²) in [5, 5.41) is 31.9.